The van der Waals surface area contributed by atoms with E-state index in [-0.39, 0.29) is 6.42 Å². The van der Waals surface area contributed by atoms with Crippen LogP contribution in [-0.4, -0.2) is 21.0 Å². The van der Waals surface area contributed by atoms with Crippen molar-refractivity contribution in [1.82, 2.24) is 9.97 Å². The molecule has 2 aromatic heterocycles. The highest BCUT2D eigenvalue weighted by Crippen LogP contribution is 2.26. The van der Waals surface area contributed by atoms with Crippen molar-refractivity contribution < 1.29 is 14.3 Å². The van der Waals surface area contributed by atoms with Crippen molar-refractivity contribution in [3.63, 3.8) is 0 Å². The number of carboxylic acid groups (broad SMARTS) is 1. The van der Waals surface area contributed by atoms with E-state index in [0.717, 1.165) is 28.1 Å². The second kappa shape index (κ2) is 7.65. The van der Waals surface area contributed by atoms with Gasteiger partial charge >= 0.3 is 5.97 Å². The van der Waals surface area contributed by atoms with Gasteiger partial charge < -0.3 is 14.8 Å². The molecule has 2 N–H and O–H groups in total. The van der Waals surface area contributed by atoms with Gasteiger partial charge in [0.1, 0.15) is 12.1 Å². The van der Waals surface area contributed by atoms with Gasteiger partial charge in [0, 0.05) is 16.9 Å². The zero-order valence-electron chi connectivity index (χ0n) is 14.4. The van der Waals surface area contributed by atoms with Gasteiger partial charge in [0.05, 0.1) is 18.2 Å². The number of nitrogens with zero attached hydrogens (tertiary/aromatic N) is 2. The summed E-state index contributed by atoms with van der Waals surface area (Å²) in [6, 6.07) is 9.06. The number of hydrogen-bond acceptors (Lipinski definition) is 5. The van der Waals surface area contributed by atoms with Crippen LogP contribution in [-0.2, 0) is 17.6 Å². The molecule has 2 heterocycles. The van der Waals surface area contributed by atoms with E-state index in [1.165, 1.54) is 0 Å². The first kappa shape index (κ1) is 17.4. The Hall–Kier alpha value is -3.41. The number of aromatic nitrogens is 2. The molecule has 132 valence electrons. The fourth-order valence-electron chi connectivity index (χ4n) is 2.63. The monoisotopic (exact) mass is 349 g/mol. The predicted molar refractivity (Wildman–Crippen MR) is 99.4 cm³/mol. The molecule has 0 aliphatic carbocycles. The second-order valence-corrected chi connectivity index (χ2v) is 5.86. The molecule has 3 rings (SSSR count). The fourth-order valence-corrected chi connectivity index (χ4v) is 2.63. The lowest BCUT2D eigenvalue weighted by Gasteiger charge is -2.14. The van der Waals surface area contributed by atoms with E-state index in [2.05, 4.69) is 21.9 Å². The molecule has 0 spiro atoms. The molecule has 26 heavy (non-hydrogen) atoms. The lowest BCUT2D eigenvalue weighted by atomic mass is 10.1. The van der Waals surface area contributed by atoms with E-state index >= 15 is 0 Å². The van der Waals surface area contributed by atoms with Crippen LogP contribution in [0.2, 0.25) is 0 Å². The lowest BCUT2D eigenvalue weighted by Crippen LogP contribution is -2.05. The Morgan fingerprint density at radius 1 is 1.27 bits per heavy atom. The smallest absolute Gasteiger partial charge is 0.307 e. The number of hydrogen-bond donors (Lipinski definition) is 2. The summed E-state index contributed by atoms with van der Waals surface area (Å²) in [6.45, 7) is 5.74. The van der Waals surface area contributed by atoms with Crippen LogP contribution in [0.3, 0.4) is 0 Å². The Morgan fingerprint density at radius 2 is 2.04 bits per heavy atom. The lowest BCUT2D eigenvalue weighted by molar-refractivity contribution is -0.136. The summed E-state index contributed by atoms with van der Waals surface area (Å²) in [4.78, 5) is 20.0. The molecule has 0 atom stereocenters. The highest BCUT2D eigenvalue weighted by atomic mass is 16.4. The van der Waals surface area contributed by atoms with E-state index in [0.29, 0.717) is 18.1 Å². The number of rotatable bonds is 7. The molecule has 1 aromatic carbocycles. The number of carboxylic acids is 1. The quantitative estimate of drug-likeness (QED) is 0.623. The van der Waals surface area contributed by atoms with Crippen molar-refractivity contribution in [2.24, 2.45) is 0 Å². The number of carbonyl (C=O) groups is 1. The first-order chi connectivity index (χ1) is 12.6. The van der Waals surface area contributed by atoms with Crippen molar-refractivity contribution in [2.45, 2.75) is 19.8 Å². The summed E-state index contributed by atoms with van der Waals surface area (Å²) < 4.78 is 5.12. The first-order valence-corrected chi connectivity index (χ1v) is 8.15. The Morgan fingerprint density at radius 3 is 2.65 bits per heavy atom. The molecule has 0 bridgehead atoms. The average molecular weight is 349 g/mol. The number of aryl methyl sites for hydroxylation is 1. The Labute approximate surface area is 151 Å². The molecular formula is C20H19N3O3. The average Bonchev–Trinajstić information content (AvgIpc) is 3.13. The maximum Gasteiger partial charge on any atom is 0.307 e. The summed E-state index contributed by atoms with van der Waals surface area (Å²) >= 11 is 0. The van der Waals surface area contributed by atoms with Crippen LogP contribution in [0.25, 0.3) is 11.4 Å². The largest absolute Gasteiger partial charge is 0.481 e. The third kappa shape index (κ3) is 3.97. The van der Waals surface area contributed by atoms with E-state index in [9.17, 15) is 4.79 Å². The molecule has 0 saturated carbocycles. The zero-order valence-corrected chi connectivity index (χ0v) is 14.4. The third-order valence-electron chi connectivity index (χ3n) is 3.91. The zero-order chi connectivity index (χ0) is 18.5. The maximum absolute atomic E-state index is 10.8. The molecule has 0 radical (unpaired) electrons. The van der Waals surface area contributed by atoms with Crippen LogP contribution >= 0.6 is 0 Å². The van der Waals surface area contributed by atoms with Crippen LogP contribution in [0.4, 0.5) is 11.5 Å². The van der Waals surface area contributed by atoms with Gasteiger partial charge in [-0.3, -0.25) is 4.79 Å². The minimum Gasteiger partial charge on any atom is -0.481 e. The second-order valence-electron chi connectivity index (χ2n) is 5.86. The van der Waals surface area contributed by atoms with Crippen LogP contribution in [0.1, 0.15) is 16.8 Å². The standard InChI is InChI=1S/C20H19N3O3/c1-3-4-17-13(2)21-19(15-9-10-26-12-15)23-20(17)22-16-7-5-14(6-8-16)11-18(24)25/h3,5-10,12H,1,4,11H2,2H3,(H,24,25)(H,21,22,23). The van der Waals surface area contributed by atoms with Gasteiger partial charge in [-0.05, 0) is 37.1 Å². The van der Waals surface area contributed by atoms with Crippen LogP contribution < -0.4 is 5.32 Å². The minimum atomic E-state index is -0.852. The predicted octanol–water partition coefficient (Wildman–Crippen LogP) is 4.14. The summed E-state index contributed by atoms with van der Waals surface area (Å²) in [5.74, 6) is 0.420. The van der Waals surface area contributed by atoms with E-state index in [1.54, 1.807) is 24.7 Å². The maximum atomic E-state index is 10.8. The third-order valence-corrected chi connectivity index (χ3v) is 3.91. The number of aliphatic carboxylic acids is 1. The Balaban J connectivity index is 1.94. The molecule has 0 aliphatic rings. The van der Waals surface area contributed by atoms with E-state index in [1.807, 2.05) is 31.2 Å². The highest BCUT2D eigenvalue weighted by Gasteiger charge is 2.13. The Bertz CT molecular complexity index is 916. The number of nitrogens with one attached hydrogen (secondary N) is 1. The van der Waals surface area contributed by atoms with Gasteiger partial charge in [-0.2, -0.15) is 0 Å². The van der Waals surface area contributed by atoms with Crippen molar-refractivity contribution >= 4 is 17.5 Å². The van der Waals surface area contributed by atoms with Gasteiger partial charge in [-0.15, -0.1) is 6.58 Å². The van der Waals surface area contributed by atoms with Gasteiger partial charge in [0.2, 0.25) is 0 Å². The Kier molecular flexibility index (Phi) is 5.12. The minimum absolute atomic E-state index is 0.000747. The van der Waals surface area contributed by atoms with Crippen molar-refractivity contribution in [1.29, 1.82) is 0 Å². The highest BCUT2D eigenvalue weighted by molar-refractivity contribution is 5.71. The van der Waals surface area contributed by atoms with E-state index in [4.69, 9.17) is 9.52 Å². The number of anilines is 2. The van der Waals surface area contributed by atoms with Crippen LogP contribution in [0, 0.1) is 6.92 Å². The van der Waals surface area contributed by atoms with Crippen molar-refractivity contribution in [3.8, 4) is 11.4 Å². The fraction of sp³-hybridized carbons (Fsp3) is 0.150. The number of furan rings is 1. The molecular weight excluding hydrogens is 330 g/mol. The van der Waals surface area contributed by atoms with Gasteiger partial charge in [-0.1, -0.05) is 18.2 Å². The molecule has 6 heteroatoms. The van der Waals surface area contributed by atoms with E-state index < -0.39 is 5.97 Å². The van der Waals surface area contributed by atoms with Gasteiger partial charge in [-0.25, -0.2) is 9.97 Å². The molecule has 0 aliphatic heterocycles. The molecule has 0 fully saturated rings. The van der Waals surface area contributed by atoms with Crippen molar-refractivity contribution in [3.05, 3.63) is 72.3 Å². The topological polar surface area (TPSA) is 88.3 Å². The molecule has 3 aromatic rings. The van der Waals surface area contributed by atoms with Crippen LogP contribution in [0.15, 0.2) is 59.9 Å². The first-order valence-electron chi connectivity index (χ1n) is 8.15. The van der Waals surface area contributed by atoms with Crippen molar-refractivity contribution in [2.75, 3.05) is 5.32 Å². The normalized spacial score (nSPS) is 10.5. The van der Waals surface area contributed by atoms with Gasteiger partial charge in [0.25, 0.3) is 0 Å². The summed E-state index contributed by atoms with van der Waals surface area (Å²) in [5, 5.41) is 12.2. The van der Waals surface area contributed by atoms with Crippen LogP contribution in [0.5, 0.6) is 0 Å². The molecule has 6 nitrogen and oxygen atoms in total. The number of allylic oxidation sites excluding steroid dienone is 1. The summed E-state index contributed by atoms with van der Waals surface area (Å²) in [7, 11) is 0. The molecule has 0 amide bonds. The SMILES string of the molecule is C=CCc1c(C)nc(-c2ccoc2)nc1Nc1ccc(CC(=O)O)cc1. The summed E-state index contributed by atoms with van der Waals surface area (Å²) in [6.07, 6.45) is 5.63. The molecule has 0 saturated heterocycles. The summed E-state index contributed by atoms with van der Waals surface area (Å²) in [5.41, 5.74) is 4.19. The van der Waals surface area contributed by atoms with Gasteiger partial charge in [0.15, 0.2) is 5.82 Å². The molecule has 0 unspecified atom stereocenters. The number of benzene rings is 1.